The second-order valence-electron chi connectivity index (χ2n) is 5.42. The van der Waals surface area contributed by atoms with E-state index in [-0.39, 0.29) is 0 Å². The lowest BCUT2D eigenvalue weighted by atomic mass is 9.80. The molecule has 0 fully saturated rings. The largest absolute Gasteiger partial charge is 0.496 e. The predicted molar refractivity (Wildman–Crippen MR) is 86.6 cm³/mol. The van der Waals surface area contributed by atoms with Crippen LogP contribution in [0.1, 0.15) is 27.9 Å². The molecule has 104 valence electrons. The molecule has 3 rings (SSSR count). The first-order chi connectivity index (χ1) is 9.79. The summed E-state index contributed by atoms with van der Waals surface area (Å²) < 4.78 is 5.48. The van der Waals surface area contributed by atoms with Crippen LogP contribution < -0.4 is 4.74 Å². The van der Waals surface area contributed by atoms with Crippen molar-refractivity contribution in [2.45, 2.75) is 24.1 Å². The Morgan fingerprint density at radius 2 is 1.85 bits per heavy atom. The summed E-state index contributed by atoms with van der Waals surface area (Å²) in [6.07, 6.45) is 3.47. The van der Waals surface area contributed by atoms with E-state index in [9.17, 15) is 0 Å². The van der Waals surface area contributed by atoms with Crippen LogP contribution in [0.3, 0.4) is 0 Å². The van der Waals surface area contributed by atoms with Gasteiger partial charge in [0.2, 0.25) is 0 Å². The molecule has 1 aliphatic rings. The lowest BCUT2D eigenvalue weighted by Crippen LogP contribution is -2.19. The van der Waals surface area contributed by atoms with Crippen LogP contribution in [0, 0.1) is 5.92 Å². The van der Waals surface area contributed by atoms with Gasteiger partial charge in [0.25, 0.3) is 0 Å². The topological polar surface area (TPSA) is 9.23 Å². The van der Waals surface area contributed by atoms with Crippen LogP contribution in [0.15, 0.2) is 48.5 Å². The minimum Gasteiger partial charge on any atom is -0.496 e. The van der Waals surface area contributed by atoms with Crippen LogP contribution in [0.4, 0.5) is 0 Å². The zero-order valence-electron chi connectivity index (χ0n) is 11.7. The van der Waals surface area contributed by atoms with Gasteiger partial charge in [-0.3, -0.25) is 0 Å². The van der Waals surface area contributed by atoms with Crippen molar-refractivity contribution in [3.8, 4) is 5.75 Å². The molecule has 0 spiro atoms. The molecular formula is C18H19BrO. The van der Waals surface area contributed by atoms with Crippen molar-refractivity contribution in [3.63, 3.8) is 0 Å². The van der Waals surface area contributed by atoms with E-state index in [0.717, 1.165) is 12.2 Å². The van der Waals surface area contributed by atoms with Crippen LogP contribution >= 0.6 is 15.9 Å². The Labute approximate surface area is 129 Å². The fourth-order valence-electron chi connectivity index (χ4n) is 3.13. The number of halogens is 1. The van der Waals surface area contributed by atoms with Gasteiger partial charge in [-0.25, -0.2) is 0 Å². The fourth-order valence-corrected chi connectivity index (χ4v) is 4.03. The molecule has 1 nitrogen and oxygen atoms in total. The predicted octanol–water partition coefficient (Wildman–Crippen LogP) is 4.94. The standard InChI is InChI=1S/C18H19BrO/c1-20-17-9-5-3-7-14(17)12-15-11-10-13-6-2-4-8-16(13)18(15)19/h2-9,15,18H,10-12H2,1H3. The van der Waals surface area contributed by atoms with Gasteiger partial charge in [0.05, 0.1) is 7.11 Å². The van der Waals surface area contributed by atoms with Crippen molar-refractivity contribution in [3.05, 3.63) is 65.2 Å². The number of para-hydroxylation sites is 1. The number of alkyl halides is 1. The molecule has 0 radical (unpaired) electrons. The maximum Gasteiger partial charge on any atom is 0.122 e. The van der Waals surface area contributed by atoms with E-state index in [1.165, 1.54) is 29.5 Å². The quantitative estimate of drug-likeness (QED) is 0.724. The van der Waals surface area contributed by atoms with Gasteiger partial charge in [0.15, 0.2) is 0 Å². The molecule has 2 atom stereocenters. The lowest BCUT2D eigenvalue weighted by molar-refractivity contribution is 0.396. The summed E-state index contributed by atoms with van der Waals surface area (Å²) >= 11 is 3.92. The smallest absolute Gasteiger partial charge is 0.122 e. The molecule has 0 amide bonds. The van der Waals surface area contributed by atoms with E-state index in [1.807, 2.05) is 6.07 Å². The van der Waals surface area contributed by atoms with Gasteiger partial charge < -0.3 is 4.74 Å². The van der Waals surface area contributed by atoms with E-state index >= 15 is 0 Å². The first kappa shape index (κ1) is 13.7. The molecule has 0 aliphatic heterocycles. The van der Waals surface area contributed by atoms with Crippen LogP contribution in [0.2, 0.25) is 0 Å². The van der Waals surface area contributed by atoms with Crippen molar-refractivity contribution in [1.29, 1.82) is 0 Å². The van der Waals surface area contributed by atoms with Gasteiger partial charge in [-0.15, -0.1) is 0 Å². The Bertz CT molecular complexity index is 593. The number of hydrogen-bond donors (Lipinski definition) is 0. The van der Waals surface area contributed by atoms with Gasteiger partial charge >= 0.3 is 0 Å². The third kappa shape index (κ3) is 2.62. The number of hydrogen-bond acceptors (Lipinski definition) is 1. The monoisotopic (exact) mass is 330 g/mol. The molecule has 0 N–H and O–H groups in total. The first-order valence-electron chi connectivity index (χ1n) is 7.13. The fraction of sp³-hybridized carbons (Fsp3) is 0.333. The Hall–Kier alpha value is -1.28. The van der Waals surface area contributed by atoms with E-state index in [0.29, 0.717) is 10.7 Å². The highest BCUT2D eigenvalue weighted by molar-refractivity contribution is 9.09. The van der Waals surface area contributed by atoms with Gasteiger partial charge in [-0.2, -0.15) is 0 Å². The van der Waals surface area contributed by atoms with Gasteiger partial charge in [-0.1, -0.05) is 58.4 Å². The molecule has 0 saturated heterocycles. The average molecular weight is 331 g/mol. The SMILES string of the molecule is COc1ccccc1CC1CCc2ccccc2C1Br. The number of aryl methyl sites for hydroxylation is 1. The molecular weight excluding hydrogens is 312 g/mol. The Kier molecular flexibility index (Phi) is 4.11. The molecule has 1 aliphatic carbocycles. The Morgan fingerprint density at radius 3 is 2.70 bits per heavy atom. The van der Waals surface area contributed by atoms with Gasteiger partial charge in [0, 0.05) is 4.83 Å². The van der Waals surface area contributed by atoms with Crippen molar-refractivity contribution < 1.29 is 4.74 Å². The maximum atomic E-state index is 5.48. The maximum absolute atomic E-state index is 5.48. The van der Waals surface area contributed by atoms with Crippen molar-refractivity contribution >= 4 is 15.9 Å². The molecule has 20 heavy (non-hydrogen) atoms. The third-order valence-corrected chi connectivity index (χ3v) is 5.47. The summed E-state index contributed by atoms with van der Waals surface area (Å²) in [6, 6.07) is 17.1. The second kappa shape index (κ2) is 6.01. The molecule has 2 aromatic rings. The average Bonchev–Trinajstić information content (AvgIpc) is 2.51. The molecule has 2 aromatic carbocycles. The summed E-state index contributed by atoms with van der Waals surface area (Å²) in [4.78, 5) is 0.442. The number of ether oxygens (including phenoxy) is 1. The summed E-state index contributed by atoms with van der Waals surface area (Å²) in [7, 11) is 1.75. The Balaban J connectivity index is 1.83. The zero-order chi connectivity index (χ0) is 13.9. The molecule has 0 aromatic heterocycles. The molecule has 0 saturated carbocycles. The number of methoxy groups -OCH3 is 1. The summed E-state index contributed by atoms with van der Waals surface area (Å²) in [5.74, 6) is 1.63. The third-order valence-electron chi connectivity index (χ3n) is 4.23. The summed E-state index contributed by atoms with van der Waals surface area (Å²) in [5.41, 5.74) is 4.26. The van der Waals surface area contributed by atoms with Gasteiger partial charge in [-0.05, 0) is 47.9 Å². The van der Waals surface area contributed by atoms with Crippen LogP contribution in [-0.2, 0) is 12.8 Å². The molecule has 0 heterocycles. The van der Waals surface area contributed by atoms with E-state index in [1.54, 1.807) is 7.11 Å². The van der Waals surface area contributed by atoms with E-state index in [4.69, 9.17) is 4.74 Å². The minimum absolute atomic E-state index is 0.442. The lowest BCUT2D eigenvalue weighted by Gasteiger charge is -2.30. The van der Waals surface area contributed by atoms with Crippen molar-refractivity contribution in [2.75, 3.05) is 7.11 Å². The zero-order valence-corrected chi connectivity index (χ0v) is 13.3. The number of rotatable bonds is 3. The van der Waals surface area contributed by atoms with Crippen LogP contribution in [-0.4, -0.2) is 7.11 Å². The minimum atomic E-state index is 0.442. The molecule has 2 heteroatoms. The second-order valence-corrected chi connectivity index (χ2v) is 6.40. The summed E-state index contributed by atoms with van der Waals surface area (Å²) in [5, 5.41) is 0. The van der Waals surface area contributed by atoms with Crippen molar-refractivity contribution in [1.82, 2.24) is 0 Å². The van der Waals surface area contributed by atoms with E-state index in [2.05, 4.69) is 58.4 Å². The number of benzene rings is 2. The highest BCUT2D eigenvalue weighted by Crippen LogP contribution is 2.42. The molecule has 0 bridgehead atoms. The summed E-state index contributed by atoms with van der Waals surface area (Å²) in [6.45, 7) is 0. The van der Waals surface area contributed by atoms with Gasteiger partial charge in [0.1, 0.15) is 5.75 Å². The van der Waals surface area contributed by atoms with Crippen LogP contribution in [0.5, 0.6) is 5.75 Å². The van der Waals surface area contributed by atoms with Crippen LogP contribution in [0.25, 0.3) is 0 Å². The van der Waals surface area contributed by atoms with Crippen molar-refractivity contribution in [2.24, 2.45) is 5.92 Å². The highest BCUT2D eigenvalue weighted by atomic mass is 79.9. The van der Waals surface area contributed by atoms with E-state index < -0.39 is 0 Å². The highest BCUT2D eigenvalue weighted by Gasteiger charge is 2.27. The first-order valence-corrected chi connectivity index (χ1v) is 8.05. The number of fused-ring (bicyclic) bond motifs is 1. The normalized spacial score (nSPS) is 21.3. The molecule has 2 unspecified atom stereocenters. The Morgan fingerprint density at radius 1 is 1.10 bits per heavy atom.